The lowest BCUT2D eigenvalue weighted by molar-refractivity contribution is 0.676. The zero-order chi connectivity index (χ0) is 31.2. The second-order valence-corrected chi connectivity index (χ2v) is 15.5. The summed E-state index contributed by atoms with van der Waals surface area (Å²) in [6, 6.07) is 17.7. The number of hydrogen-bond acceptors (Lipinski definition) is 9. The van der Waals surface area contributed by atoms with Crippen LogP contribution in [0.1, 0.15) is 50.4 Å². The number of rotatable bonds is 7. The Morgan fingerprint density at radius 1 is 0.711 bits per heavy atom. The van der Waals surface area contributed by atoms with E-state index in [-0.39, 0.29) is 0 Å². The lowest BCUT2D eigenvalue weighted by atomic mass is 10.0. The fraction of sp³-hybridized carbons (Fsp3) is 0.278. The van der Waals surface area contributed by atoms with Gasteiger partial charge in [-0.05, 0) is 60.7 Å². The van der Waals surface area contributed by atoms with Crippen LogP contribution in [0.15, 0.2) is 48.5 Å². The minimum Gasteiger partial charge on any atom is -0.378 e. The highest BCUT2D eigenvalue weighted by Crippen LogP contribution is 2.48. The molecule has 0 unspecified atom stereocenters. The van der Waals surface area contributed by atoms with Gasteiger partial charge in [0.15, 0.2) is 0 Å². The smallest absolute Gasteiger partial charge is 0.116 e. The van der Waals surface area contributed by atoms with Crippen molar-refractivity contribution in [2.45, 2.75) is 47.0 Å². The molecule has 0 radical (unpaired) electrons. The Labute approximate surface area is 280 Å². The minimum atomic E-state index is 0.554. The largest absolute Gasteiger partial charge is 0.378 e. The van der Waals surface area contributed by atoms with E-state index in [0.29, 0.717) is 5.92 Å². The third-order valence-corrected chi connectivity index (χ3v) is 11.8. The van der Waals surface area contributed by atoms with E-state index >= 15 is 0 Å². The molecule has 9 heteroatoms. The number of aryl methyl sites for hydroxylation is 2. The van der Waals surface area contributed by atoms with Crippen LogP contribution in [0.4, 0.5) is 5.69 Å². The second kappa shape index (κ2) is 12.3. The third-order valence-electron chi connectivity index (χ3n) is 7.85. The van der Waals surface area contributed by atoms with Gasteiger partial charge < -0.3 is 4.90 Å². The normalized spacial score (nSPS) is 11.6. The summed E-state index contributed by atoms with van der Waals surface area (Å²) in [5.41, 5.74) is 10.2. The van der Waals surface area contributed by atoms with Gasteiger partial charge in [-0.15, -0.1) is 34.0 Å². The summed E-state index contributed by atoms with van der Waals surface area (Å²) in [7, 11) is 4.14. The highest BCUT2D eigenvalue weighted by atomic mass is 32.1. The first kappa shape index (κ1) is 30.0. The molecule has 7 rings (SSSR count). The summed E-state index contributed by atoms with van der Waals surface area (Å²) in [5.74, 6) is 7.26. The number of anilines is 1. The zero-order valence-electron chi connectivity index (χ0n) is 26.2. The number of thiophene rings is 3. The van der Waals surface area contributed by atoms with Crippen LogP contribution in [0.3, 0.4) is 0 Å². The van der Waals surface area contributed by atoms with Gasteiger partial charge in [-0.1, -0.05) is 51.7 Å². The average molecular weight is 664 g/mol. The van der Waals surface area contributed by atoms with Gasteiger partial charge in [0.25, 0.3) is 0 Å². The van der Waals surface area contributed by atoms with Gasteiger partial charge in [0.05, 0.1) is 28.0 Å². The highest BCUT2D eigenvalue weighted by molar-refractivity contribution is 7.31. The molecule has 0 aliphatic heterocycles. The molecule has 0 N–H and O–H groups in total. The van der Waals surface area contributed by atoms with E-state index in [2.05, 4.69) is 107 Å². The Kier molecular flexibility index (Phi) is 8.17. The molecule has 45 heavy (non-hydrogen) atoms. The second-order valence-electron chi connectivity index (χ2n) is 11.7. The third kappa shape index (κ3) is 5.55. The molecule has 0 aliphatic rings. The molecule has 0 aliphatic carbocycles. The van der Waals surface area contributed by atoms with Gasteiger partial charge in [-0.25, -0.2) is 9.97 Å². The summed E-state index contributed by atoms with van der Waals surface area (Å²) in [6.45, 7) is 8.71. The molecule has 7 aromatic rings. The molecule has 0 saturated heterocycles. The number of benzene rings is 2. The lowest BCUT2D eigenvalue weighted by Crippen LogP contribution is -2.07. The SMILES string of the molecule is CCc1nc2c(-c3ccc(C#CCC(C)C)s3)c3nsnc3c(-c3cc4sc(-c5ccc(N(C)C)cc5)cc4s3)c2nc1CC. The van der Waals surface area contributed by atoms with Crippen LogP contribution in [-0.4, -0.2) is 32.8 Å². The zero-order valence-corrected chi connectivity index (χ0v) is 29.5. The molecule has 5 nitrogen and oxygen atoms in total. The number of hydrogen-bond donors (Lipinski definition) is 0. The molecule has 5 aromatic heterocycles. The fourth-order valence-corrected chi connectivity index (χ4v) is 9.47. The van der Waals surface area contributed by atoms with Crippen molar-refractivity contribution in [3.63, 3.8) is 0 Å². The first-order valence-electron chi connectivity index (χ1n) is 15.2. The van der Waals surface area contributed by atoms with E-state index in [1.165, 1.54) is 37.3 Å². The van der Waals surface area contributed by atoms with Gasteiger partial charge in [0.2, 0.25) is 0 Å². The van der Waals surface area contributed by atoms with Crippen molar-refractivity contribution in [1.29, 1.82) is 0 Å². The molecular formula is C36H33N5S4. The Bertz CT molecular complexity index is 2200. The standard InChI is InChI=1S/C36H33N5S4/c1-7-24-25(8-2)38-34-32(30-19-29-28(44-30)18-27(43-29)21-12-14-22(15-13-21)41(5)6)36-35(39-45-40-36)31(33(34)37-24)26-17-16-23(42-26)11-9-10-20(3)4/h12-20H,7-8,10H2,1-6H3. The maximum Gasteiger partial charge on any atom is 0.116 e. The first-order chi connectivity index (χ1) is 21.8. The van der Waals surface area contributed by atoms with E-state index in [4.69, 9.17) is 18.7 Å². The van der Waals surface area contributed by atoms with E-state index in [0.717, 1.165) is 78.5 Å². The minimum absolute atomic E-state index is 0.554. The highest BCUT2D eigenvalue weighted by Gasteiger charge is 2.25. The van der Waals surface area contributed by atoms with Crippen molar-refractivity contribution in [1.82, 2.24) is 18.7 Å². The Morgan fingerprint density at radius 2 is 1.31 bits per heavy atom. The van der Waals surface area contributed by atoms with Crippen LogP contribution in [-0.2, 0) is 12.8 Å². The van der Waals surface area contributed by atoms with Crippen molar-refractivity contribution in [3.8, 4) is 43.2 Å². The molecule has 5 heterocycles. The van der Waals surface area contributed by atoms with E-state index in [9.17, 15) is 0 Å². The van der Waals surface area contributed by atoms with Crippen LogP contribution < -0.4 is 4.90 Å². The summed E-state index contributed by atoms with van der Waals surface area (Å²) in [6.07, 6.45) is 2.55. The van der Waals surface area contributed by atoms with E-state index in [1.807, 2.05) is 11.3 Å². The molecule has 0 saturated carbocycles. The molecule has 2 aromatic carbocycles. The maximum absolute atomic E-state index is 5.33. The monoisotopic (exact) mass is 663 g/mol. The molecule has 0 atom stereocenters. The molecule has 0 spiro atoms. The summed E-state index contributed by atoms with van der Waals surface area (Å²) in [5, 5.41) is 0. The maximum atomic E-state index is 5.33. The van der Waals surface area contributed by atoms with E-state index < -0.39 is 0 Å². The Hall–Kier alpha value is -3.68. The van der Waals surface area contributed by atoms with Gasteiger partial charge in [0, 0.05) is 61.4 Å². The predicted molar refractivity (Wildman–Crippen MR) is 197 cm³/mol. The molecule has 0 amide bonds. The Balaban J connectivity index is 1.40. The summed E-state index contributed by atoms with van der Waals surface area (Å²) >= 11 is 6.60. The molecule has 0 bridgehead atoms. The van der Waals surface area contributed by atoms with Crippen LogP contribution in [0.2, 0.25) is 0 Å². The Morgan fingerprint density at radius 3 is 1.91 bits per heavy atom. The van der Waals surface area contributed by atoms with Crippen molar-refractivity contribution < 1.29 is 0 Å². The summed E-state index contributed by atoms with van der Waals surface area (Å²) < 4.78 is 12.3. The van der Waals surface area contributed by atoms with Gasteiger partial charge in [-0.2, -0.15) is 8.75 Å². The van der Waals surface area contributed by atoms with Crippen LogP contribution in [0.5, 0.6) is 0 Å². The topological polar surface area (TPSA) is 54.8 Å². The number of aromatic nitrogens is 4. The summed E-state index contributed by atoms with van der Waals surface area (Å²) in [4.78, 5) is 17.4. The predicted octanol–water partition coefficient (Wildman–Crippen LogP) is 10.6. The molecule has 226 valence electrons. The van der Waals surface area contributed by atoms with Gasteiger partial charge >= 0.3 is 0 Å². The first-order valence-corrected chi connectivity index (χ1v) is 18.4. The van der Waals surface area contributed by atoms with Gasteiger partial charge in [-0.3, -0.25) is 0 Å². The van der Waals surface area contributed by atoms with Crippen molar-refractivity contribution >= 4 is 82.9 Å². The van der Waals surface area contributed by atoms with Crippen LogP contribution in [0, 0.1) is 17.8 Å². The fourth-order valence-electron chi connectivity index (χ4n) is 5.53. The van der Waals surface area contributed by atoms with Crippen LogP contribution in [0.25, 0.3) is 62.8 Å². The van der Waals surface area contributed by atoms with Crippen molar-refractivity contribution in [2.24, 2.45) is 5.92 Å². The lowest BCUT2D eigenvalue weighted by Gasteiger charge is -2.13. The van der Waals surface area contributed by atoms with Crippen molar-refractivity contribution in [2.75, 3.05) is 19.0 Å². The molecular weight excluding hydrogens is 631 g/mol. The van der Waals surface area contributed by atoms with Crippen molar-refractivity contribution in [3.05, 3.63) is 64.8 Å². The van der Waals surface area contributed by atoms with E-state index in [1.54, 1.807) is 22.7 Å². The van der Waals surface area contributed by atoms with Gasteiger partial charge in [0.1, 0.15) is 22.1 Å². The average Bonchev–Trinajstić information content (AvgIpc) is 3.84. The van der Waals surface area contributed by atoms with Crippen LogP contribution >= 0.6 is 45.7 Å². The molecule has 0 fully saturated rings. The number of nitrogens with zero attached hydrogens (tertiary/aromatic N) is 5. The quantitative estimate of drug-likeness (QED) is 0.159. The number of fused-ring (bicyclic) bond motifs is 3.